The number of anilines is 2. The molecule has 0 amide bonds. The van der Waals surface area contributed by atoms with Crippen LogP contribution >= 0.6 is 0 Å². The van der Waals surface area contributed by atoms with Crippen molar-refractivity contribution in [2.75, 3.05) is 37.0 Å². The topological polar surface area (TPSA) is 58.3 Å². The lowest BCUT2D eigenvalue weighted by atomic mass is 9.96. The molecule has 0 fully saturated rings. The first kappa shape index (κ1) is 15.7. The average Bonchev–Trinajstić information content (AvgIpc) is 2.26. The summed E-state index contributed by atoms with van der Waals surface area (Å²) in [5.74, 6) is 1.85. The number of hydrogen-bond donors (Lipinski definition) is 1. The van der Waals surface area contributed by atoms with Crippen molar-refractivity contribution in [3.63, 3.8) is 0 Å². The van der Waals surface area contributed by atoms with Gasteiger partial charge < -0.3 is 15.5 Å². The number of rotatable bonds is 5. The lowest BCUT2D eigenvalue weighted by Gasteiger charge is -2.28. The molecule has 0 aliphatic heterocycles. The van der Waals surface area contributed by atoms with Gasteiger partial charge in [0.15, 0.2) is 0 Å². The van der Waals surface area contributed by atoms with Crippen LogP contribution in [0, 0.1) is 5.41 Å². The molecule has 1 heterocycles. The molecule has 5 nitrogen and oxygen atoms in total. The molecular formula is C14H27N5. The van der Waals surface area contributed by atoms with Gasteiger partial charge >= 0.3 is 0 Å². The maximum Gasteiger partial charge on any atom is 0.133 e. The summed E-state index contributed by atoms with van der Waals surface area (Å²) in [6.45, 7) is 10.4. The van der Waals surface area contributed by atoms with E-state index < -0.39 is 0 Å². The van der Waals surface area contributed by atoms with Gasteiger partial charge in [0.25, 0.3) is 0 Å². The number of nitrogens with zero attached hydrogens (tertiary/aromatic N) is 4. The van der Waals surface area contributed by atoms with Crippen LogP contribution in [0.2, 0.25) is 0 Å². The van der Waals surface area contributed by atoms with E-state index in [9.17, 15) is 0 Å². The van der Waals surface area contributed by atoms with Gasteiger partial charge in [0.2, 0.25) is 0 Å². The third-order valence-electron chi connectivity index (χ3n) is 2.69. The molecule has 0 aromatic carbocycles. The van der Waals surface area contributed by atoms with Crippen LogP contribution in [0.5, 0.6) is 0 Å². The predicted molar refractivity (Wildman–Crippen MR) is 81.7 cm³/mol. The quantitative estimate of drug-likeness (QED) is 0.879. The summed E-state index contributed by atoms with van der Waals surface area (Å²) in [7, 11) is 4.06. The van der Waals surface area contributed by atoms with Crippen molar-refractivity contribution in [2.45, 2.75) is 33.7 Å². The highest BCUT2D eigenvalue weighted by molar-refractivity contribution is 5.49. The second-order valence-electron chi connectivity index (χ2n) is 6.51. The minimum Gasteiger partial charge on any atom is -0.359 e. The Kier molecular flexibility index (Phi) is 5.11. The van der Waals surface area contributed by atoms with Gasteiger partial charge in [-0.3, -0.25) is 0 Å². The number of nitrogens with two attached hydrogens (primary N) is 1. The van der Waals surface area contributed by atoms with Crippen molar-refractivity contribution in [3.05, 3.63) is 12.4 Å². The summed E-state index contributed by atoms with van der Waals surface area (Å²) < 4.78 is 0. The van der Waals surface area contributed by atoms with E-state index in [1.807, 2.05) is 20.0 Å². The Morgan fingerprint density at radius 1 is 1.16 bits per heavy atom. The van der Waals surface area contributed by atoms with Gasteiger partial charge in [0.1, 0.15) is 18.0 Å². The van der Waals surface area contributed by atoms with E-state index in [1.165, 1.54) is 0 Å². The first-order valence-corrected chi connectivity index (χ1v) is 6.69. The molecule has 0 spiro atoms. The summed E-state index contributed by atoms with van der Waals surface area (Å²) in [4.78, 5) is 12.9. The second-order valence-corrected chi connectivity index (χ2v) is 6.51. The molecule has 0 saturated carbocycles. The molecular weight excluding hydrogens is 238 g/mol. The van der Waals surface area contributed by atoms with E-state index in [1.54, 1.807) is 6.33 Å². The highest BCUT2D eigenvalue weighted by Crippen LogP contribution is 2.20. The van der Waals surface area contributed by atoms with E-state index >= 15 is 0 Å². The largest absolute Gasteiger partial charge is 0.359 e. The molecule has 1 aromatic heterocycles. The molecule has 5 heteroatoms. The van der Waals surface area contributed by atoms with E-state index in [4.69, 9.17) is 5.73 Å². The third-order valence-corrected chi connectivity index (χ3v) is 2.69. The van der Waals surface area contributed by atoms with Crippen molar-refractivity contribution >= 4 is 11.6 Å². The SMILES string of the molecule is CC(N)CN(C)c1cc(N(C)CC(C)(C)C)ncn1. The first-order valence-electron chi connectivity index (χ1n) is 6.69. The Morgan fingerprint density at radius 3 is 2.16 bits per heavy atom. The molecule has 1 unspecified atom stereocenters. The zero-order valence-electron chi connectivity index (χ0n) is 13.0. The number of aromatic nitrogens is 2. The predicted octanol–water partition coefficient (Wildman–Crippen LogP) is 1.74. The van der Waals surface area contributed by atoms with Crippen LogP contribution in [-0.4, -0.2) is 43.2 Å². The monoisotopic (exact) mass is 265 g/mol. The fourth-order valence-electron chi connectivity index (χ4n) is 2.07. The van der Waals surface area contributed by atoms with Crippen LogP contribution in [0.15, 0.2) is 12.4 Å². The molecule has 0 radical (unpaired) electrons. The van der Waals surface area contributed by atoms with Crippen molar-refractivity contribution in [1.29, 1.82) is 0 Å². The lowest BCUT2D eigenvalue weighted by molar-refractivity contribution is 0.417. The van der Waals surface area contributed by atoms with Gasteiger partial charge in [-0.25, -0.2) is 9.97 Å². The Balaban J connectivity index is 2.82. The maximum absolute atomic E-state index is 5.82. The van der Waals surface area contributed by atoms with Crippen molar-refractivity contribution < 1.29 is 0 Å². The average molecular weight is 265 g/mol. The first-order chi connectivity index (χ1) is 8.69. The fourth-order valence-corrected chi connectivity index (χ4v) is 2.07. The molecule has 0 aliphatic carbocycles. The number of likely N-dealkylation sites (N-methyl/N-ethyl adjacent to an activating group) is 1. The highest BCUT2D eigenvalue weighted by Gasteiger charge is 2.15. The summed E-state index contributed by atoms with van der Waals surface area (Å²) >= 11 is 0. The maximum atomic E-state index is 5.82. The molecule has 0 aliphatic rings. The number of hydrogen-bond acceptors (Lipinski definition) is 5. The van der Waals surface area contributed by atoms with Crippen LogP contribution in [0.1, 0.15) is 27.7 Å². The van der Waals surface area contributed by atoms with E-state index in [2.05, 4.69) is 47.6 Å². The molecule has 19 heavy (non-hydrogen) atoms. The van der Waals surface area contributed by atoms with Crippen molar-refractivity contribution in [3.8, 4) is 0 Å². The summed E-state index contributed by atoms with van der Waals surface area (Å²) in [5, 5.41) is 0. The van der Waals surface area contributed by atoms with E-state index in [0.717, 1.165) is 24.7 Å². The van der Waals surface area contributed by atoms with Gasteiger partial charge in [-0.2, -0.15) is 0 Å². The highest BCUT2D eigenvalue weighted by atomic mass is 15.2. The van der Waals surface area contributed by atoms with Crippen LogP contribution in [0.25, 0.3) is 0 Å². The normalized spacial score (nSPS) is 13.2. The zero-order chi connectivity index (χ0) is 14.6. The Hall–Kier alpha value is -1.36. The Bertz CT molecular complexity index is 397. The van der Waals surface area contributed by atoms with E-state index in [-0.39, 0.29) is 11.5 Å². The van der Waals surface area contributed by atoms with Crippen LogP contribution < -0.4 is 15.5 Å². The molecule has 0 bridgehead atoms. The van der Waals surface area contributed by atoms with Crippen molar-refractivity contribution in [1.82, 2.24) is 9.97 Å². The molecule has 1 rings (SSSR count). The lowest BCUT2D eigenvalue weighted by Crippen LogP contribution is -2.34. The van der Waals surface area contributed by atoms with Crippen LogP contribution in [-0.2, 0) is 0 Å². The summed E-state index contributed by atoms with van der Waals surface area (Å²) in [5.41, 5.74) is 6.05. The molecule has 1 atom stereocenters. The molecule has 0 saturated heterocycles. The Morgan fingerprint density at radius 2 is 1.68 bits per heavy atom. The fraction of sp³-hybridized carbons (Fsp3) is 0.714. The van der Waals surface area contributed by atoms with E-state index in [0.29, 0.717) is 0 Å². The minimum atomic E-state index is 0.121. The van der Waals surface area contributed by atoms with Crippen LogP contribution in [0.3, 0.4) is 0 Å². The smallest absolute Gasteiger partial charge is 0.133 e. The van der Waals surface area contributed by atoms with Crippen molar-refractivity contribution in [2.24, 2.45) is 11.1 Å². The molecule has 1 aromatic rings. The van der Waals surface area contributed by atoms with Gasteiger partial charge in [-0.1, -0.05) is 20.8 Å². The minimum absolute atomic E-state index is 0.121. The third kappa shape index (κ3) is 5.42. The van der Waals surface area contributed by atoms with Gasteiger partial charge in [-0.15, -0.1) is 0 Å². The van der Waals surface area contributed by atoms with Gasteiger partial charge in [-0.05, 0) is 12.3 Å². The summed E-state index contributed by atoms with van der Waals surface area (Å²) in [6, 6.07) is 2.13. The van der Waals surface area contributed by atoms with Crippen LogP contribution in [0.4, 0.5) is 11.6 Å². The van der Waals surface area contributed by atoms with Gasteiger partial charge in [0.05, 0.1) is 0 Å². The zero-order valence-corrected chi connectivity index (χ0v) is 13.0. The standard InChI is InChI=1S/C14H27N5/c1-11(15)8-18(5)12-7-13(17-10-16-12)19(6)9-14(2,3)4/h7,10-11H,8-9,15H2,1-6H3. The summed E-state index contributed by atoms with van der Waals surface area (Å²) in [6.07, 6.45) is 1.61. The molecule has 2 N–H and O–H groups in total. The second kappa shape index (κ2) is 6.19. The van der Waals surface area contributed by atoms with Gasteiger partial charge in [0, 0.05) is 39.3 Å². The molecule has 108 valence electrons. The Labute approximate surface area is 116 Å².